The smallest absolute Gasteiger partial charge is 0.321 e. The molecule has 1 aromatic heterocycles. The molecule has 0 aliphatic rings. The maximum atomic E-state index is 11.5. The van der Waals surface area contributed by atoms with Crippen LogP contribution in [0.15, 0.2) is 36.7 Å². The number of rotatable bonds is 7. The topological polar surface area (TPSA) is 161 Å². The highest BCUT2D eigenvalue weighted by molar-refractivity contribution is 5.93. The molecule has 0 aliphatic heterocycles. The second-order valence-electron chi connectivity index (χ2n) is 5.40. The van der Waals surface area contributed by atoms with E-state index in [4.69, 9.17) is 11.1 Å². The molecular formula is C16H22N8O2. The molecule has 2 aromatic rings. The van der Waals surface area contributed by atoms with Crippen molar-refractivity contribution in [2.45, 2.75) is 12.8 Å². The van der Waals surface area contributed by atoms with Crippen molar-refractivity contribution in [3.63, 3.8) is 0 Å². The third-order valence-corrected chi connectivity index (χ3v) is 3.40. The lowest BCUT2D eigenvalue weighted by molar-refractivity contribution is 0.159. The average molecular weight is 358 g/mol. The minimum atomic E-state index is -0.678. The highest BCUT2D eigenvalue weighted by Gasteiger charge is 2.05. The number of anilines is 1. The van der Waals surface area contributed by atoms with Crippen LogP contribution in [0.2, 0.25) is 0 Å². The molecule has 0 saturated heterocycles. The van der Waals surface area contributed by atoms with Crippen molar-refractivity contribution in [1.82, 2.24) is 25.9 Å². The number of hydrogen-bond donors (Lipinski definition) is 7. The SMILES string of the molecule is CNC(O)CNc1ncc(-c2cccc(CNC(=O)NC(=N)N)c2)cn1. The Labute approximate surface area is 150 Å². The quantitative estimate of drug-likeness (QED) is 0.205. The first-order valence-electron chi connectivity index (χ1n) is 7.87. The number of carbonyl (C=O) groups excluding carboxylic acids is 1. The van der Waals surface area contributed by atoms with E-state index in [0.717, 1.165) is 16.7 Å². The average Bonchev–Trinajstić information content (AvgIpc) is 2.64. The van der Waals surface area contributed by atoms with E-state index in [-0.39, 0.29) is 6.54 Å². The van der Waals surface area contributed by atoms with Crippen molar-refractivity contribution in [1.29, 1.82) is 5.41 Å². The molecular weight excluding hydrogens is 336 g/mol. The van der Waals surface area contributed by atoms with E-state index in [2.05, 4.69) is 31.2 Å². The van der Waals surface area contributed by atoms with Gasteiger partial charge < -0.3 is 21.5 Å². The maximum absolute atomic E-state index is 11.5. The van der Waals surface area contributed by atoms with Gasteiger partial charge in [0.25, 0.3) is 0 Å². The highest BCUT2D eigenvalue weighted by Crippen LogP contribution is 2.19. The number of urea groups is 1. The van der Waals surface area contributed by atoms with Crippen LogP contribution in [-0.2, 0) is 6.54 Å². The molecule has 1 heterocycles. The van der Waals surface area contributed by atoms with Gasteiger partial charge in [0.05, 0.1) is 6.54 Å². The predicted molar refractivity (Wildman–Crippen MR) is 98.3 cm³/mol. The van der Waals surface area contributed by atoms with E-state index in [9.17, 15) is 9.90 Å². The van der Waals surface area contributed by atoms with Crippen molar-refractivity contribution >= 4 is 17.9 Å². The highest BCUT2D eigenvalue weighted by atomic mass is 16.3. The third kappa shape index (κ3) is 6.00. The van der Waals surface area contributed by atoms with Gasteiger partial charge >= 0.3 is 6.03 Å². The number of aromatic nitrogens is 2. The Morgan fingerprint density at radius 2 is 2.04 bits per heavy atom. The van der Waals surface area contributed by atoms with Gasteiger partial charge in [0.2, 0.25) is 5.95 Å². The molecule has 10 heteroatoms. The Balaban J connectivity index is 1.98. The summed E-state index contributed by atoms with van der Waals surface area (Å²) < 4.78 is 0. The minimum Gasteiger partial charge on any atom is -0.377 e. The van der Waals surface area contributed by atoms with E-state index < -0.39 is 18.2 Å². The molecule has 8 N–H and O–H groups in total. The zero-order valence-corrected chi connectivity index (χ0v) is 14.3. The zero-order chi connectivity index (χ0) is 18.9. The molecule has 2 amide bonds. The Bertz CT molecular complexity index is 750. The fourth-order valence-electron chi connectivity index (χ4n) is 2.07. The Hall–Kier alpha value is -3.24. The van der Waals surface area contributed by atoms with Gasteiger partial charge in [-0.1, -0.05) is 18.2 Å². The zero-order valence-electron chi connectivity index (χ0n) is 14.3. The number of likely N-dealkylation sites (N-methyl/N-ethyl adjacent to an activating group) is 1. The van der Waals surface area contributed by atoms with Crippen molar-refractivity contribution in [3.05, 3.63) is 42.2 Å². The van der Waals surface area contributed by atoms with Crippen LogP contribution in [0.3, 0.4) is 0 Å². The fourth-order valence-corrected chi connectivity index (χ4v) is 2.07. The third-order valence-electron chi connectivity index (χ3n) is 3.40. The largest absolute Gasteiger partial charge is 0.377 e. The van der Waals surface area contributed by atoms with E-state index in [1.807, 2.05) is 24.3 Å². The molecule has 0 saturated carbocycles. The lowest BCUT2D eigenvalue weighted by Crippen LogP contribution is -2.42. The molecule has 1 unspecified atom stereocenters. The first-order chi connectivity index (χ1) is 12.5. The molecule has 0 aliphatic carbocycles. The van der Waals surface area contributed by atoms with Gasteiger partial charge in [-0.3, -0.25) is 16.0 Å². The molecule has 26 heavy (non-hydrogen) atoms. The molecule has 0 bridgehead atoms. The van der Waals surface area contributed by atoms with E-state index in [1.54, 1.807) is 19.4 Å². The first-order valence-corrected chi connectivity index (χ1v) is 7.87. The van der Waals surface area contributed by atoms with Crippen LogP contribution < -0.4 is 27.0 Å². The Morgan fingerprint density at radius 3 is 2.69 bits per heavy atom. The van der Waals surface area contributed by atoms with Crippen molar-refractivity contribution in [2.75, 3.05) is 18.9 Å². The number of guanidine groups is 1. The summed E-state index contributed by atoms with van der Waals surface area (Å²) in [6.45, 7) is 0.578. The van der Waals surface area contributed by atoms with Gasteiger partial charge in [0.1, 0.15) is 6.23 Å². The Kier molecular flexibility index (Phi) is 6.83. The van der Waals surface area contributed by atoms with Gasteiger partial charge in [-0.15, -0.1) is 0 Å². The number of nitrogens with zero attached hydrogens (tertiary/aromatic N) is 2. The summed E-state index contributed by atoms with van der Waals surface area (Å²) in [6, 6.07) is 7.02. The van der Waals surface area contributed by atoms with E-state index in [1.165, 1.54) is 0 Å². The lowest BCUT2D eigenvalue weighted by Gasteiger charge is -2.11. The maximum Gasteiger partial charge on any atom is 0.321 e. The summed E-state index contributed by atoms with van der Waals surface area (Å²) >= 11 is 0. The molecule has 0 fully saturated rings. The summed E-state index contributed by atoms with van der Waals surface area (Å²) in [5.74, 6) is 0.00566. The van der Waals surface area contributed by atoms with Crippen LogP contribution in [0.25, 0.3) is 11.1 Å². The molecule has 1 atom stereocenters. The number of nitrogens with one attached hydrogen (secondary N) is 5. The van der Waals surface area contributed by atoms with Gasteiger partial charge in [-0.2, -0.15) is 0 Å². The van der Waals surface area contributed by atoms with Crippen molar-refractivity contribution < 1.29 is 9.90 Å². The van der Waals surface area contributed by atoms with Crippen LogP contribution in [0.5, 0.6) is 0 Å². The van der Waals surface area contributed by atoms with Gasteiger partial charge in [0.15, 0.2) is 5.96 Å². The second kappa shape index (κ2) is 9.30. The first kappa shape index (κ1) is 19.1. The molecule has 0 radical (unpaired) electrons. The number of aliphatic hydroxyl groups excluding tert-OH is 1. The number of carbonyl (C=O) groups is 1. The lowest BCUT2D eigenvalue weighted by atomic mass is 10.1. The van der Waals surface area contributed by atoms with Crippen LogP contribution in [0.1, 0.15) is 5.56 Å². The van der Waals surface area contributed by atoms with E-state index in [0.29, 0.717) is 12.5 Å². The summed E-state index contributed by atoms with van der Waals surface area (Å²) in [6.07, 6.45) is 2.68. The van der Waals surface area contributed by atoms with Crippen LogP contribution in [0.4, 0.5) is 10.7 Å². The number of amides is 2. The molecule has 2 rings (SSSR count). The summed E-state index contributed by atoms with van der Waals surface area (Å²) in [5.41, 5.74) is 7.69. The van der Waals surface area contributed by atoms with Crippen LogP contribution >= 0.6 is 0 Å². The molecule has 1 aromatic carbocycles. The molecule has 10 nitrogen and oxygen atoms in total. The monoisotopic (exact) mass is 358 g/mol. The van der Waals surface area contributed by atoms with Crippen LogP contribution in [-0.4, -0.2) is 46.9 Å². The van der Waals surface area contributed by atoms with Crippen molar-refractivity contribution in [2.24, 2.45) is 5.73 Å². The number of benzene rings is 1. The minimum absolute atomic E-state index is 0.287. The number of hydrogen-bond acceptors (Lipinski definition) is 7. The molecule has 0 spiro atoms. The second-order valence-corrected chi connectivity index (χ2v) is 5.40. The number of aliphatic hydroxyl groups is 1. The van der Waals surface area contributed by atoms with Crippen LogP contribution in [0, 0.1) is 5.41 Å². The standard InChI is InChI=1S/C16H22N8O2/c1-19-13(25)9-22-15-20-7-12(8-21-15)11-4-2-3-10(5-11)6-23-16(26)24-14(17)18/h2-5,7-8,13,19,25H,6,9H2,1H3,(H,20,21,22)(H5,17,18,23,24,26). The van der Waals surface area contributed by atoms with Gasteiger partial charge in [-0.25, -0.2) is 14.8 Å². The fraction of sp³-hybridized carbons (Fsp3) is 0.250. The normalized spacial score (nSPS) is 11.5. The summed E-state index contributed by atoms with van der Waals surface area (Å²) in [4.78, 5) is 19.9. The Morgan fingerprint density at radius 1 is 1.31 bits per heavy atom. The van der Waals surface area contributed by atoms with Crippen molar-refractivity contribution in [3.8, 4) is 11.1 Å². The van der Waals surface area contributed by atoms with Gasteiger partial charge in [0, 0.05) is 24.5 Å². The predicted octanol–water partition coefficient (Wildman–Crippen LogP) is -0.214. The summed E-state index contributed by atoms with van der Waals surface area (Å²) in [5, 5.41) is 26.8. The van der Waals surface area contributed by atoms with E-state index >= 15 is 0 Å². The molecule has 138 valence electrons. The number of nitrogens with two attached hydrogens (primary N) is 1. The summed E-state index contributed by atoms with van der Waals surface area (Å²) in [7, 11) is 1.65. The van der Waals surface area contributed by atoms with Gasteiger partial charge in [-0.05, 0) is 24.2 Å².